The average molecular weight is 443 g/mol. The Balaban J connectivity index is 1.59. The quantitative estimate of drug-likeness (QED) is 0.443. The van der Waals surface area contributed by atoms with Gasteiger partial charge in [0.1, 0.15) is 17.3 Å². The number of aromatic nitrogens is 3. The summed E-state index contributed by atoms with van der Waals surface area (Å²) in [6, 6.07) is 6.73. The van der Waals surface area contributed by atoms with E-state index in [0.29, 0.717) is 6.07 Å². The van der Waals surface area contributed by atoms with E-state index in [1.807, 2.05) is 0 Å². The molecule has 1 aromatic carbocycles. The molecule has 1 unspecified atom stereocenters. The Hall–Kier alpha value is -3.89. The zero-order chi connectivity index (χ0) is 22.9. The lowest BCUT2D eigenvalue weighted by Crippen LogP contribution is -2.34. The van der Waals surface area contributed by atoms with Crippen LogP contribution in [0.25, 0.3) is 11.3 Å². The summed E-state index contributed by atoms with van der Waals surface area (Å²) in [4.78, 5) is 36.7. The van der Waals surface area contributed by atoms with Crippen LogP contribution in [0.1, 0.15) is 17.9 Å². The summed E-state index contributed by atoms with van der Waals surface area (Å²) in [6.07, 6.45) is 2.31. The molecule has 3 heterocycles. The van der Waals surface area contributed by atoms with Crippen molar-refractivity contribution in [1.82, 2.24) is 19.9 Å². The molecule has 1 atom stereocenters. The molecule has 0 aliphatic carbocycles. The molecule has 8 nitrogen and oxygen atoms in total. The van der Waals surface area contributed by atoms with Crippen LogP contribution < -0.4 is 0 Å². The fourth-order valence-corrected chi connectivity index (χ4v) is 3.59. The van der Waals surface area contributed by atoms with Gasteiger partial charge in [0.25, 0.3) is 5.69 Å². The third-order valence-electron chi connectivity index (χ3n) is 5.21. The van der Waals surface area contributed by atoms with Crippen LogP contribution in [0.15, 0.2) is 48.8 Å². The van der Waals surface area contributed by atoms with Crippen LogP contribution in [-0.2, 0) is 16.9 Å². The lowest BCUT2D eigenvalue weighted by Gasteiger charge is -2.19. The predicted octanol–water partition coefficient (Wildman–Crippen LogP) is 3.36. The summed E-state index contributed by atoms with van der Waals surface area (Å²) < 4.78 is 42.6. The van der Waals surface area contributed by atoms with Crippen LogP contribution in [0.5, 0.6) is 0 Å². The highest BCUT2D eigenvalue weighted by molar-refractivity contribution is 5.80. The topological polar surface area (TPSA) is 102 Å². The maximum absolute atomic E-state index is 15.2. The van der Waals surface area contributed by atoms with Crippen molar-refractivity contribution >= 4 is 11.6 Å². The van der Waals surface area contributed by atoms with E-state index in [4.69, 9.17) is 0 Å². The number of nitro groups is 1. The lowest BCUT2D eigenvalue weighted by molar-refractivity contribution is -0.385. The number of benzene rings is 1. The van der Waals surface area contributed by atoms with Crippen LogP contribution in [-0.4, -0.2) is 43.8 Å². The summed E-state index contributed by atoms with van der Waals surface area (Å²) in [6.45, 7) is -0.219. The second-order valence-corrected chi connectivity index (χ2v) is 7.32. The van der Waals surface area contributed by atoms with Crippen LogP contribution in [0.3, 0.4) is 0 Å². The van der Waals surface area contributed by atoms with Crippen LogP contribution >= 0.6 is 0 Å². The van der Waals surface area contributed by atoms with Crippen molar-refractivity contribution in [2.24, 2.45) is 0 Å². The lowest BCUT2D eigenvalue weighted by atomic mass is 10.1. The number of likely N-dealkylation sites (tertiary alicyclic amines) is 1. The fraction of sp³-hybridized carbons (Fsp3) is 0.238. The molecular formula is C21H16F3N5O3. The van der Waals surface area contributed by atoms with Crippen molar-refractivity contribution in [1.29, 1.82) is 0 Å². The number of amides is 1. The second-order valence-electron chi connectivity index (χ2n) is 7.32. The van der Waals surface area contributed by atoms with Gasteiger partial charge in [0.2, 0.25) is 5.91 Å². The molecule has 1 aliphatic rings. The zero-order valence-corrected chi connectivity index (χ0v) is 16.5. The van der Waals surface area contributed by atoms with Crippen molar-refractivity contribution in [3.8, 4) is 11.3 Å². The minimum Gasteiger partial charge on any atom is -0.339 e. The highest BCUT2D eigenvalue weighted by Gasteiger charge is 2.44. The minimum atomic E-state index is -1.92. The summed E-state index contributed by atoms with van der Waals surface area (Å²) in [7, 11) is 0. The predicted molar refractivity (Wildman–Crippen MR) is 106 cm³/mol. The van der Waals surface area contributed by atoms with Crippen molar-refractivity contribution in [2.75, 3.05) is 13.1 Å². The monoisotopic (exact) mass is 443 g/mol. The van der Waals surface area contributed by atoms with Gasteiger partial charge in [-0.3, -0.25) is 14.9 Å². The summed E-state index contributed by atoms with van der Waals surface area (Å²) in [5.74, 6) is -2.29. The van der Waals surface area contributed by atoms with Gasteiger partial charge in [-0.25, -0.2) is 28.1 Å². The Kier molecular flexibility index (Phi) is 5.56. The molecule has 1 amide bonds. The van der Waals surface area contributed by atoms with E-state index in [0.717, 1.165) is 18.2 Å². The largest absolute Gasteiger partial charge is 0.339 e. The van der Waals surface area contributed by atoms with Gasteiger partial charge in [-0.1, -0.05) is 0 Å². The van der Waals surface area contributed by atoms with E-state index in [1.165, 1.54) is 23.4 Å². The molecule has 2 aromatic heterocycles. The Morgan fingerprint density at radius 2 is 1.94 bits per heavy atom. The van der Waals surface area contributed by atoms with Gasteiger partial charge in [-0.2, -0.15) is 0 Å². The summed E-state index contributed by atoms with van der Waals surface area (Å²) >= 11 is 0. The van der Waals surface area contributed by atoms with Gasteiger partial charge in [0.15, 0.2) is 11.5 Å². The zero-order valence-electron chi connectivity index (χ0n) is 16.5. The van der Waals surface area contributed by atoms with Crippen molar-refractivity contribution < 1.29 is 22.9 Å². The smallest absolute Gasteiger partial charge is 0.291 e. The minimum absolute atomic E-state index is 0.00912. The molecule has 11 heteroatoms. The van der Waals surface area contributed by atoms with Crippen LogP contribution in [0.2, 0.25) is 0 Å². The number of alkyl halides is 1. The maximum atomic E-state index is 15.2. The molecule has 0 N–H and O–H groups in total. The Bertz CT molecular complexity index is 1190. The number of nitrogens with zero attached hydrogens (tertiary/aromatic N) is 5. The highest BCUT2D eigenvalue weighted by Crippen LogP contribution is 2.34. The molecule has 0 bridgehead atoms. The standard InChI is InChI=1S/C21H16F3N5O3/c22-13-2-3-14(15(23)10-13)16-4-5-18(29(31)32)17(27-16)11-19(30)28-9-6-21(24,12-28)20-25-7-1-8-26-20/h1-5,7-8,10H,6,9,11-12H2. The van der Waals surface area contributed by atoms with Gasteiger partial charge in [0, 0.05) is 43.1 Å². The van der Waals surface area contributed by atoms with Gasteiger partial charge in [-0.15, -0.1) is 0 Å². The van der Waals surface area contributed by atoms with Crippen LogP contribution in [0.4, 0.5) is 18.9 Å². The highest BCUT2D eigenvalue weighted by atomic mass is 19.1. The summed E-state index contributed by atoms with van der Waals surface area (Å²) in [5, 5.41) is 11.4. The number of rotatable bonds is 5. The number of halogens is 3. The third kappa shape index (κ3) is 4.13. The van der Waals surface area contributed by atoms with E-state index in [2.05, 4.69) is 15.0 Å². The average Bonchev–Trinajstić information content (AvgIpc) is 3.18. The molecule has 1 saturated heterocycles. The first kappa shape index (κ1) is 21.3. The fourth-order valence-electron chi connectivity index (χ4n) is 3.59. The van der Waals surface area contributed by atoms with Crippen molar-refractivity contribution in [3.05, 3.63) is 82.1 Å². The number of pyridine rings is 1. The molecule has 1 fully saturated rings. The Morgan fingerprint density at radius 1 is 1.19 bits per heavy atom. The van der Waals surface area contributed by atoms with Gasteiger partial charge in [0.05, 0.1) is 23.6 Å². The SMILES string of the molecule is O=C(Cc1nc(-c2ccc(F)cc2F)ccc1[N+](=O)[O-])N1CCC(F)(c2ncccn2)C1. The molecule has 0 spiro atoms. The number of carbonyl (C=O) groups is 1. The van der Waals surface area contributed by atoms with Gasteiger partial charge >= 0.3 is 0 Å². The molecule has 0 radical (unpaired) electrons. The van der Waals surface area contributed by atoms with E-state index >= 15 is 4.39 Å². The van der Waals surface area contributed by atoms with E-state index < -0.39 is 40.2 Å². The molecule has 0 saturated carbocycles. The molecule has 3 aromatic rings. The third-order valence-corrected chi connectivity index (χ3v) is 5.21. The summed E-state index contributed by atoms with van der Waals surface area (Å²) in [5.41, 5.74) is -2.61. The van der Waals surface area contributed by atoms with Gasteiger partial charge < -0.3 is 4.90 Å². The number of carbonyl (C=O) groups excluding carboxylic acids is 1. The molecule has 4 rings (SSSR count). The molecular weight excluding hydrogens is 427 g/mol. The van der Waals surface area contributed by atoms with E-state index in [-0.39, 0.29) is 42.3 Å². The first-order valence-electron chi connectivity index (χ1n) is 9.61. The Labute approximate surface area is 179 Å². The number of hydrogen-bond acceptors (Lipinski definition) is 6. The maximum Gasteiger partial charge on any atom is 0.291 e. The number of hydrogen-bond donors (Lipinski definition) is 0. The van der Waals surface area contributed by atoms with Crippen LogP contribution in [0, 0.1) is 21.7 Å². The normalized spacial score (nSPS) is 18.0. The molecule has 164 valence electrons. The second kappa shape index (κ2) is 8.33. The molecule has 1 aliphatic heterocycles. The first-order valence-corrected chi connectivity index (χ1v) is 9.61. The van der Waals surface area contributed by atoms with Crippen molar-refractivity contribution in [3.63, 3.8) is 0 Å². The van der Waals surface area contributed by atoms with Gasteiger partial charge in [-0.05, 0) is 24.3 Å². The van der Waals surface area contributed by atoms with E-state index in [1.54, 1.807) is 6.07 Å². The van der Waals surface area contributed by atoms with Crippen molar-refractivity contribution in [2.45, 2.75) is 18.5 Å². The Morgan fingerprint density at radius 3 is 2.62 bits per heavy atom. The molecule has 32 heavy (non-hydrogen) atoms. The first-order chi connectivity index (χ1) is 15.3. The van der Waals surface area contributed by atoms with E-state index in [9.17, 15) is 23.7 Å².